The predicted octanol–water partition coefficient (Wildman–Crippen LogP) is 0.258. The van der Waals surface area contributed by atoms with E-state index in [1.165, 1.54) is 4.31 Å². The third-order valence-electron chi connectivity index (χ3n) is 2.86. The molecule has 0 bridgehead atoms. The second kappa shape index (κ2) is 6.54. The van der Waals surface area contributed by atoms with Gasteiger partial charge in [-0.25, -0.2) is 0 Å². The SMILES string of the molecule is CCNCCCN(C)S(=O)(=O)N1CCCC1. The molecule has 1 rings (SSSR count). The average molecular weight is 249 g/mol. The molecule has 1 N–H and O–H groups in total. The maximum Gasteiger partial charge on any atom is 0.281 e. The van der Waals surface area contributed by atoms with Gasteiger partial charge in [0.1, 0.15) is 0 Å². The summed E-state index contributed by atoms with van der Waals surface area (Å²) in [6.07, 6.45) is 2.84. The first kappa shape index (κ1) is 13.9. The quantitative estimate of drug-likeness (QED) is 0.658. The van der Waals surface area contributed by atoms with Gasteiger partial charge in [0.15, 0.2) is 0 Å². The van der Waals surface area contributed by atoms with Gasteiger partial charge in [-0.1, -0.05) is 6.92 Å². The van der Waals surface area contributed by atoms with E-state index in [9.17, 15) is 8.42 Å². The van der Waals surface area contributed by atoms with Gasteiger partial charge in [-0.05, 0) is 32.4 Å². The fourth-order valence-electron chi connectivity index (χ4n) is 1.83. The van der Waals surface area contributed by atoms with E-state index in [-0.39, 0.29) is 0 Å². The second-order valence-corrected chi connectivity index (χ2v) is 6.18. The summed E-state index contributed by atoms with van der Waals surface area (Å²) in [4.78, 5) is 0. The van der Waals surface area contributed by atoms with Crippen LogP contribution in [0.25, 0.3) is 0 Å². The molecule has 0 aromatic heterocycles. The van der Waals surface area contributed by atoms with E-state index in [0.29, 0.717) is 19.6 Å². The molecule has 0 radical (unpaired) electrons. The molecular weight excluding hydrogens is 226 g/mol. The summed E-state index contributed by atoms with van der Waals surface area (Å²) in [5, 5.41) is 3.19. The van der Waals surface area contributed by atoms with Crippen molar-refractivity contribution in [2.75, 3.05) is 39.8 Å². The smallest absolute Gasteiger partial charge is 0.281 e. The fourth-order valence-corrected chi connectivity index (χ4v) is 3.31. The van der Waals surface area contributed by atoms with Crippen LogP contribution < -0.4 is 5.32 Å². The Balaban J connectivity index is 2.36. The molecule has 96 valence electrons. The third-order valence-corrected chi connectivity index (χ3v) is 4.85. The Morgan fingerprint density at radius 1 is 1.31 bits per heavy atom. The van der Waals surface area contributed by atoms with Crippen molar-refractivity contribution in [1.29, 1.82) is 0 Å². The molecule has 1 saturated heterocycles. The highest BCUT2D eigenvalue weighted by atomic mass is 32.2. The van der Waals surface area contributed by atoms with Crippen molar-refractivity contribution < 1.29 is 8.42 Å². The average Bonchev–Trinajstić information content (AvgIpc) is 2.77. The van der Waals surface area contributed by atoms with E-state index in [1.54, 1.807) is 11.4 Å². The molecule has 0 aliphatic carbocycles. The van der Waals surface area contributed by atoms with Crippen LogP contribution in [0.5, 0.6) is 0 Å². The monoisotopic (exact) mass is 249 g/mol. The molecule has 5 nitrogen and oxygen atoms in total. The summed E-state index contributed by atoms with van der Waals surface area (Å²) in [6, 6.07) is 0. The summed E-state index contributed by atoms with van der Waals surface area (Å²) in [5.74, 6) is 0. The lowest BCUT2D eigenvalue weighted by molar-refractivity contribution is 0.389. The van der Waals surface area contributed by atoms with Crippen molar-refractivity contribution in [1.82, 2.24) is 13.9 Å². The molecule has 6 heteroatoms. The molecule has 1 fully saturated rings. The Hall–Kier alpha value is -0.170. The molecule has 0 atom stereocenters. The number of nitrogens with zero attached hydrogens (tertiary/aromatic N) is 2. The van der Waals surface area contributed by atoms with Crippen molar-refractivity contribution in [2.45, 2.75) is 26.2 Å². The molecule has 0 aromatic rings. The van der Waals surface area contributed by atoms with Crippen molar-refractivity contribution in [3.63, 3.8) is 0 Å². The molecule has 0 amide bonds. The van der Waals surface area contributed by atoms with Crippen molar-refractivity contribution in [2.24, 2.45) is 0 Å². The minimum absolute atomic E-state index is 0.589. The summed E-state index contributed by atoms with van der Waals surface area (Å²) in [7, 11) is -1.52. The Morgan fingerprint density at radius 3 is 2.50 bits per heavy atom. The summed E-state index contributed by atoms with van der Waals surface area (Å²) in [5.41, 5.74) is 0. The van der Waals surface area contributed by atoms with Crippen molar-refractivity contribution in [3.8, 4) is 0 Å². The Kier molecular flexibility index (Phi) is 5.68. The lowest BCUT2D eigenvalue weighted by Gasteiger charge is -2.23. The highest BCUT2D eigenvalue weighted by Gasteiger charge is 2.28. The van der Waals surface area contributed by atoms with Crippen LogP contribution in [0.15, 0.2) is 0 Å². The van der Waals surface area contributed by atoms with Gasteiger partial charge in [0, 0.05) is 26.7 Å². The van der Waals surface area contributed by atoms with E-state index >= 15 is 0 Å². The van der Waals surface area contributed by atoms with Gasteiger partial charge in [0.2, 0.25) is 0 Å². The maximum absolute atomic E-state index is 12.0. The second-order valence-electron chi connectivity index (χ2n) is 4.14. The molecule has 0 aromatic carbocycles. The fraction of sp³-hybridized carbons (Fsp3) is 1.00. The van der Waals surface area contributed by atoms with Gasteiger partial charge in [-0.2, -0.15) is 17.0 Å². The van der Waals surface area contributed by atoms with Gasteiger partial charge in [-0.3, -0.25) is 0 Å². The van der Waals surface area contributed by atoms with Crippen LogP contribution in [-0.4, -0.2) is 56.8 Å². The van der Waals surface area contributed by atoms with Gasteiger partial charge in [-0.15, -0.1) is 0 Å². The Bertz CT molecular complexity index is 286. The van der Waals surface area contributed by atoms with E-state index in [1.807, 2.05) is 6.92 Å². The van der Waals surface area contributed by atoms with E-state index in [4.69, 9.17) is 0 Å². The number of rotatable bonds is 7. The summed E-state index contributed by atoms with van der Waals surface area (Å²) in [6.45, 7) is 5.80. The predicted molar refractivity (Wildman–Crippen MR) is 65.5 cm³/mol. The van der Waals surface area contributed by atoms with Crippen LogP contribution in [0, 0.1) is 0 Å². The minimum atomic E-state index is -3.19. The molecule has 0 saturated carbocycles. The lowest BCUT2D eigenvalue weighted by Crippen LogP contribution is -2.41. The largest absolute Gasteiger partial charge is 0.317 e. The van der Waals surface area contributed by atoms with E-state index in [0.717, 1.165) is 32.4 Å². The first-order valence-corrected chi connectivity index (χ1v) is 7.41. The minimum Gasteiger partial charge on any atom is -0.317 e. The third kappa shape index (κ3) is 3.69. The van der Waals surface area contributed by atoms with Crippen LogP contribution in [0.2, 0.25) is 0 Å². The van der Waals surface area contributed by atoms with Gasteiger partial charge >= 0.3 is 0 Å². The maximum atomic E-state index is 12.0. The summed E-state index contributed by atoms with van der Waals surface area (Å²) < 4.78 is 27.1. The lowest BCUT2D eigenvalue weighted by atomic mass is 10.4. The zero-order chi connectivity index (χ0) is 12.0. The highest BCUT2D eigenvalue weighted by Crippen LogP contribution is 2.15. The molecule has 1 aliphatic heterocycles. The first-order chi connectivity index (χ1) is 7.59. The number of hydrogen-bond acceptors (Lipinski definition) is 3. The van der Waals surface area contributed by atoms with Crippen LogP contribution in [0.4, 0.5) is 0 Å². The van der Waals surface area contributed by atoms with Gasteiger partial charge in [0.05, 0.1) is 0 Å². The molecule has 0 unspecified atom stereocenters. The van der Waals surface area contributed by atoms with Crippen LogP contribution >= 0.6 is 0 Å². The first-order valence-electron chi connectivity index (χ1n) is 6.01. The topological polar surface area (TPSA) is 52.7 Å². The van der Waals surface area contributed by atoms with Crippen molar-refractivity contribution in [3.05, 3.63) is 0 Å². The highest BCUT2D eigenvalue weighted by molar-refractivity contribution is 7.86. The van der Waals surface area contributed by atoms with Crippen molar-refractivity contribution >= 4 is 10.2 Å². The normalized spacial score (nSPS) is 18.4. The molecule has 16 heavy (non-hydrogen) atoms. The van der Waals surface area contributed by atoms with E-state index in [2.05, 4.69) is 5.32 Å². The zero-order valence-electron chi connectivity index (χ0n) is 10.3. The molecule has 0 spiro atoms. The molecular formula is C10H23N3O2S. The Morgan fingerprint density at radius 2 is 1.94 bits per heavy atom. The zero-order valence-corrected chi connectivity index (χ0v) is 11.1. The van der Waals surface area contributed by atoms with Crippen LogP contribution in [-0.2, 0) is 10.2 Å². The molecule has 1 aliphatic rings. The van der Waals surface area contributed by atoms with Crippen LogP contribution in [0.1, 0.15) is 26.2 Å². The van der Waals surface area contributed by atoms with Gasteiger partial charge < -0.3 is 5.32 Å². The van der Waals surface area contributed by atoms with E-state index < -0.39 is 10.2 Å². The standard InChI is InChI=1S/C10H23N3O2S/c1-3-11-7-6-8-12(2)16(14,15)13-9-4-5-10-13/h11H,3-10H2,1-2H3. The molecule has 1 heterocycles. The summed E-state index contributed by atoms with van der Waals surface area (Å²) >= 11 is 0. The Labute approximate surface area is 99.0 Å². The van der Waals surface area contributed by atoms with Crippen LogP contribution in [0.3, 0.4) is 0 Å². The number of nitrogens with one attached hydrogen (secondary N) is 1. The van der Waals surface area contributed by atoms with Gasteiger partial charge in [0.25, 0.3) is 10.2 Å². The number of hydrogen-bond donors (Lipinski definition) is 1.